The topological polar surface area (TPSA) is 35.5 Å². The Morgan fingerprint density at radius 1 is 1.38 bits per heavy atom. The van der Waals surface area contributed by atoms with Crippen LogP contribution < -0.4 is 0 Å². The van der Waals surface area contributed by atoms with E-state index in [0.29, 0.717) is 19.6 Å². The van der Waals surface area contributed by atoms with Crippen LogP contribution in [0, 0.1) is 0 Å². The number of ether oxygens (including phenoxy) is 2. The summed E-state index contributed by atoms with van der Waals surface area (Å²) in [6, 6.07) is 10.1. The maximum absolute atomic E-state index is 10.6. The van der Waals surface area contributed by atoms with Crippen molar-refractivity contribution >= 4 is 6.29 Å². The van der Waals surface area contributed by atoms with E-state index in [0.717, 1.165) is 18.3 Å². The van der Waals surface area contributed by atoms with Gasteiger partial charge in [-0.1, -0.05) is 30.3 Å². The molecule has 0 unspecified atom stereocenters. The summed E-state index contributed by atoms with van der Waals surface area (Å²) in [5, 5.41) is 0. The Balaban J connectivity index is 1.79. The molecule has 2 rings (SSSR count). The summed E-state index contributed by atoms with van der Waals surface area (Å²) in [5.74, 6) is 0. The molecule has 0 aliphatic carbocycles. The Labute approximate surface area is 95.4 Å². The van der Waals surface area contributed by atoms with Gasteiger partial charge in [0.05, 0.1) is 19.3 Å². The van der Waals surface area contributed by atoms with Gasteiger partial charge in [0.2, 0.25) is 0 Å². The number of hydrogen-bond donors (Lipinski definition) is 0. The molecule has 1 saturated heterocycles. The van der Waals surface area contributed by atoms with Crippen molar-refractivity contribution in [3.63, 3.8) is 0 Å². The molecule has 0 aromatic heterocycles. The van der Waals surface area contributed by atoms with Gasteiger partial charge in [-0.3, -0.25) is 0 Å². The van der Waals surface area contributed by atoms with Crippen LogP contribution in [0.1, 0.15) is 18.4 Å². The molecule has 1 aromatic carbocycles. The number of benzene rings is 1. The summed E-state index contributed by atoms with van der Waals surface area (Å²) in [5.41, 5.74) is 1.16. The third kappa shape index (κ3) is 3.15. The smallest absolute Gasteiger partial charge is 0.148 e. The van der Waals surface area contributed by atoms with Gasteiger partial charge in [-0.2, -0.15) is 0 Å². The maximum atomic E-state index is 10.6. The van der Waals surface area contributed by atoms with Crippen LogP contribution in [0.5, 0.6) is 0 Å². The van der Waals surface area contributed by atoms with Crippen molar-refractivity contribution in [3.05, 3.63) is 35.9 Å². The van der Waals surface area contributed by atoms with Crippen molar-refractivity contribution in [1.82, 2.24) is 0 Å². The lowest BCUT2D eigenvalue weighted by Crippen LogP contribution is -2.31. The van der Waals surface area contributed by atoms with E-state index in [1.54, 1.807) is 0 Å². The molecule has 3 heteroatoms. The molecule has 1 heterocycles. The third-order valence-corrected chi connectivity index (χ3v) is 2.75. The zero-order chi connectivity index (χ0) is 11.2. The van der Waals surface area contributed by atoms with Crippen LogP contribution in [-0.2, 0) is 20.9 Å². The number of rotatable bonds is 4. The first-order chi connectivity index (χ1) is 7.88. The van der Waals surface area contributed by atoms with Gasteiger partial charge < -0.3 is 14.3 Å². The lowest BCUT2D eigenvalue weighted by Gasteiger charge is -2.26. The second kappa shape index (κ2) is 5.77. The molecule has 1 aliphatic rings. The molecule has 0 amide bonds. The average molecular weight is 220 g/mol. The fraction of sp³-hybridized carbons (Fsp3) is 0.462. The quantitative estimate of drug-likeness (QED) is 0.727. The fourth-order valence-corrected chi connectivity index (χ4v) is 1.83. The van der Waals surface area contributed by atoms with E-state index in [9.17, 15) is 4.79 Å². The maximum Gasteiger partial charge on any atom is 0.148 e. The molecule has 86 valence electrons. The lowest BCUT2D eigenvalue weighted by molar-refractivity contribution is -0.128. The number of carbonyl (C=O) groups excluding carboxylic acids is 1. The number of carbonyl (C=O) groups is 1. The van der Waals surface area contributed by atoms with Gasteiger partial charge in [-0.15, -0.1) is 0 Å². The molecule has 1 fully saturated rings. The Morgan fingerprint density at radius 3 is 2.94 bits per heavy atom. The molecule has 0 bridgehead atoms. The minimum absolute atomic E-state index is 0.143. The van der Waals surface area contributed by atoms with Crippen LogP contribution in [-0.4, -0.2) is 25.1 Å². The van der Waals surface area contributed by atoms with Gasteiger partial charge in [0.1, 0.15) is 12.4 Å². The summed E-state index contributed by atoms with van der Waals surface area (Å²) >= 11 is 0. The van der Waals surface area contributed by atoms with E-state index in [2.05, 4.69) is 0 Å². The van der Waals surface area contributed by atoms with Gasteiger partial charge in [-0.25, -0.2) is 0 Å². The molecule has 1 aromatic rings. The SMILES string of the molecule is O=C[C@@H]1C[C@H](OCc2ccccc2)CCO1. The highest BCUT2D eigenvalue weighted by atomic mass is 16.5. The zero-order valence-corrected chi connectivity index (χ0v) is 9.17. The molecule has 3 nitrogen and oxygen atoms in total. The molecule has 0 spiro atoms. The largest absolute Gasteiger partial charge is 0.373 e. The Bertz CT molecular complexity index is 323. The Morgan fingerprint density at radius 2 is 2.19 bits per heavy atom. The van der Waals surface area contributed by atoms with Crippen LogP contribution >= 0.6 is 0 Å². The summed E-state index contributed by atoms with van der Waals surface area (Å²) in [4.78, 5) is 10.6. The molecular weight excluding hydrogens is 204 g/mol. The first kappa shape index (κ1) is 11.3. The first-order valence-corrected chi connectivity index (χ1v) is 5.61. The van der Waals surface area contributed by atoms with Gasteiger partial charge in [0.15, 0.2) is 0 Å². The Kier molecular flexibility index (Phi) is 4.08. The van der Waals surface area contributed by atoms with Gasteiger partial charge >= 0.3 is 0 Å². The standard InChI is InChI=1S/C13H16O3/c14-9-13-8-12(6-7-15-13)16-10-11-4-2-1-3-5-11/h1-5,9,12-13H,6-8,10H2/t12-,13+/m1/s1. The molecule has 0 radical (unpaired) electrons. The predicted molar refractivity (Wildman–Crippen MR) is 60.1 cm³/mol. The van der Waals surface area contributed by atoms with Crippen LogP contribution in [0.2, 0.25) is 0 Å². The summed E-state index contributed by atoms with van der Waals surface area (Å²) in [7, 11) is 0. The minimum Gasteiger partial charge on any atom is -0.373 e. The second-order valence-corrected chi connectivity index (χ2v) is 3.99. The van der Waals surface area contributed by atoms with E-state index in [-0.39, 0.29) is 12.2 Å². The minimum atomic E-state index is -0.283. The molecular formula is C13H16O3. The predicted octanol–water partition coefficient (Wildman–Crippen LogP) is 1.95. The number of aldehydes is 1. The van der Waals surface area contributed by atoms with Crippen molar-refractivity contribution in [3.8, 4) is 0 Å². The number of hydrogen-bond acceptors (Lipinski definition) is 3. The zero-order valence-electron chi connectivity index (χ0n) is 9.17. The molecule has 2 atom stereocenters. The van der Waals surface area contributed by atoms with Gasteiger partial charge in [0, 0.05) is 6.42 Å². The van der Waals surface area contributed by atoms with Crippen molar-refractivity contribution in [2.24, 2.45) is 0 Å². The highest BCUT2D eigenvalue weighted by Gasteiger charge is 2.22. The molecule has 16 heavy (non-hydrogen) atoms. The second-order valence-electron chi connectivity index (χ2n) is 3.99. The monoisotopic (exact) mass is 220 g/mol. The third-order valence-electron chi connectivity index (χ3n) is 2.75. The Hall–Kier alpha value is -1.19. The van der Waals surface area contributed by atoms with Crippen LogP contribution in [0.15, 0.2) is 30.3 Å². The summed E-state index contributed by atoms with van der Waals surface area (Å²) in [6.07, 6.45) is 2.27. The van der Waals surface area contributed by atoms with E-state index in [1.807, 2.05) is 30.3 Å². The normalized spacial score (nSPS) is 25.2. The average Bonchev–Trinajstić information content (AvgIpc) is 2.38. The van der Waals surface area contributed by atoms with Crippen LogP contribution in [0.25, 0.3) is 0 Å². The highest BCUT2D eigenvalue weighted by Crippen LogP contribution is 2.17. The van der Waals surface area contributed by atoms with Crippen LogP contribution in [0.4, 0.5) is 0 Å². The summed E-state index contributed by atoms with van der Waals surface area (Å²) < 4.78 is 11.0. The van der Waals surface area contributed by atoms with Crippen molar-refractivity contribution in [2.45, 2.75) is 31.7 Å². The van der Waals surface area contributed by atoms with Crippen molar-refractivity contribution < 1.29 is 14.3 Å². The molecule has 0 N–H and O–H groups in total. The molecule has 1 aliphatic heterocycles. The highest BCUT2D eigenvalue weighted by molar-refractivity contribution is 5.56. The van der Waals surface area contributed by atoms with Gasteiger partial charge in [0.25, 0.3) is 0 Å². The fourth-order valence-electron chi connectivity index (χ4n) is 1.83. The lowest BCUT2D eigenvalue weighted by atomic mass is 10.1. The van der Waals surface area contributed by atoms with E-state index in [4.69, 9.17) is 9.47 Å². The molecule has 0 saturated carbocycles. The van der Waals surface area contributed by atoms with Crippen molar-refractivity contribution in [2.75, 3.05) is 6.61 Å². The van der Waals surface area contributed by atoms with E-state index < -0.39 is 0 Å². The van der Waals surface area contributed by atoms with Crippen molar-refractivity contribution in [1.29, 1.82) is 0 Å². The van der Waals surface area contributed by atoms with Gasteiger partial charge in [-0.05, 0) is 12.0 Å². The summed E-state index contributed by atoms with van der Waals surface area (Å²) in [6.45, 7) is 1.22. The van der Waals surface area contributed by atoms with E-state index >= 15 is 0 Å². The first-order valence-electron chi connectivity index (χ1n) is 5.61. The van der Waals surface area contributed by atoms with Crippen LogP contribution in [0.3, 0.4) is 0 Å². The van der Waals surface area contributed by atoms with E-state index in [1.165, 1.54) is 0 Å².